The van der Waals surface area contributed by atoms with Gasteiger partial charge >= 0.3 is 0 Å². The van der Waals surface area contributed by atoms with Crippen LogP contribution in [0.5, 0.6) is 0 Å². The van der Waals surface area contributed by atoms with Crippen molar-refractivity contribution in [1.82, 2.24) is 9.97 Å². The van der Waals surface area contributed by atoms with Gasteiger partial charge < -0.3 is 11.1 Å². The summed E-state index contributed by atoms with van der Waals surface area (Å²) in [5.74, 6) is -0.0198. The zero-order valence-corrected chi connectivity index (χ0v) is 12.2. The van der Waals surface area contributed by atoms with Crippen molar-refractivity contribution in [3.63, 3.8) is 0 Å². The van der Waals surface area contributed by atoms with E-state index in [2.05, 4.69) is 31.2 Å². The molecule has 5 nitrogen and oxygen atoms in total. The van der Waals surface area contributed by atoms with Crippen LogP contribution in [0.4, 0.5) is 11.5 Å². The van der Waals surface area contributed by atoms with Gasteiger partial charge in [-0.3, -0.25) is 4.79 Å². The van der Waals surface area contributed by atoms with Crippen molar-refractivity contribution < 1.29 is 4.79 Å². The number of hydrogen-bond acceptors (Lipinski definition) is 4. The Kier molecular flexibility index (Phi) is 3.80. The first-order valence-electron chi connectivity index (χ1n) is 5.63. The molecule has 1 heterocycles. The van der Waals surface area contributed by atoms with Gasteiger partial charge in [0.25, 0.3) is 5.91 Å². The number of aryl methyl sites for hydroxylation is 2. The van der Waals surface area contributed by atoms with E-state index in [0.29, 0.717) is 0 Å². The fraction of sp³-hybridized carbons (Fsp3) is 0.154. The van der Waals surface area contributed by atoms with Crippen molar-refractivity contribution in [2.45, 2.75) is 13.8 Å². The number of anilines is 2. The number of nitrogens with zero attached hydrogens (tertiary/aromatic N) is 2. The van der Waals surface area contributed by atoms with Crippen LogP contribution in [-0.2, 0) is 0 Å². The van der Waals surface area contributed by atoms with Gasteiger partial charge in [-0.1, -0.05) is 15.9 Å². The van der Waals surface area contributed by atoms with Crippen molar-refractivity contribution >= 4 is 33.3 Å². The zero-order chi connectivity index (χ0) is 14.0. The minimum atomic E-state index is -0.305. The highest BCUT2D eigenvalue weighted by atomic mass is 79.9. The highest BCUT2D eigenvalue weighted by Crippen LogP contribution is 2.25. The number of carbonyl (C=O) groups is 1. The van der Waals surface area contributed by atoms with Crippen molar-refractivity contribution in [3.05, 3.63) is 45.8 Å². The first kappa shape index (κ1) is 13.5. The molecule has 2 aromatic rings. The van der Waals surface area contributed by atoms with Gasteiger partial charge in [0.05, 0.1) is 12.4 Å². The van der Waals surface area contributed by atoms with Crippen LogP contribution in [0.1, 0.15) is 21.6 Å². The summed E-state index contributed by atoms with van der Waals surface area (Å²) in [6, 6.07) is 3.88. The first-order chi connectivity index (χ1) is 8.97. The SMILES string of the molecule is Cc1cc(Br)cc(C)c1NC(=O)c1cnc(N)cn1. The lowest BCUT2D eigenvalue weighted by molar-refractivity contribution is 0.102. The number of nitrogens with one attached hydrogen (secondary N) is 1. The molecule has 0 unspecified atom stereocenters. The Morgan fingerprint density at radius 3 is 2.37 bits per heavy atom. The monoisotopic (exact) mass is 320 g/mol. The van der Waals surface area contributed by atoms with Crippen LogP contribution in [0, 0.1) is 13.8 Å². The summed E-state index contributed by atoms with van der Waals surface area (Å²) in [5.41, 5.74) is 8.40. The molecule has 3 N–H and O–H groups in total. The fourth-order valence-corrected chi connectivity index (χ4v) is 2.43. The molecule has 98 valence electrons. The molecular weight excluding hydrogens is 308 g/mol. The molecule has 1 amide bonds. The number of amides is 1. The van der Waals surface area contributed by atoms with E-state index < -0.39 is 0 Å². The summed E-state index contributed by atoms with van der Waals surface area (Å²) in [4.78, 5) is 19.8. The zero-order valence-electron chi connectivity index (χ0n) is 10.6. The number of rotatable bonds is 2. The van der Waals surface area contributed by atoms with Gasteiger partial charge in [-0.2, -0.15) is 0 Å². The number of nitrogen functional groups attached to an aromatic ring is 1. The van der Waals surface area contributed by atoms with E-state index >= 15 is 0 Å². The predicted octanol–water partition coefficient (Wildman–Crippen LogP) is 2.69. The lowest BCUT2D eigenvalue weighted by Gasteiger charge is -2.11. The normalized spacial score (nSPS) is 10.3. The van der Waals surface area contributed by atoms with Gasteiger partial charge in [0.1, 0.15) is 11.5 Å². The van der Waals surface area contributed by atoms with Crippen molar-refractivity contribution in [1.29, 1.82) is 0 Å². The van der Waals surface area contributed by atoms with Crippen molar-refractivity contribution in [2.75, 3.05) is 11.1 Å². The molecule has 0 radical (unpaired) electrons. The Hall–Kier alpha value is -1.95. The molecule has 0 spiro atoms. The predicted molar refractivity (Wildman–Crippen MR) is 78.0 cm³/mol. The summed E-state index contributed by atoms with van der Waals surface area (Å²) in [7, 11) is 0. The van der Waals surface area contributed by atoms with Crippen LogP contribution in [0.15, 0.2) is 29.0 Å². The largest absolute Gasteiger partial charge is 0.382 e. The van der Waals surface area contributed by atoms with Gasteiger partial charge in [-0.25, -0.2) is 9.97 Å². The molecule has 0 bridgehead atoms. The number of carbonyl (C=O) groups excluding carboxylic acids is 1. The summed E-state index contributed by atoms with van der Waals surface area (Å²) < 4.78 is 0.979. The maximum atomic E-state index is 12.0. The van der Waals surface area contributed by atoms with E-state index in [0.717, 1.165) is 21.3 Å². The Morgan fingerprint density at radius 1 is 1.21 bits per heavy atom. The smallest absolute Gasteiger partial charge is 0.275 e. The molecule has 1 aromatic heterocycles. The topological polar surface area (TPSA) is 80.9 Å². The Labute approximate surface area is 119 Å². The Balaban J connectivity index is 2.26. The molecular formula is C13H13BrN4O. The lowest BCUT2D eigenvalue weighted by atomic mass is 10.1. The molecule has 0 aliphatic rings. The van der Waals surface area contributed by atoms with Crippen LogP contribution in [0.2, 0.25) is 0 Å². The van der Waals surface area contributed by atoms with Gasteiger partial charge in [0.15, 0.2) is 0 Å². The maximum absolute atomic E-state index is 12.0. The third kappa shape index (κ3) is 3.08. The van der Waals surface area contributed by atoms with E-state index in [-0.39, 0.29) is 17.4 Å². The van der Waals surface area contributed by atoms with Crippen LogP contribution in [-0.4, -0.2) is 15.9 Å². The minimum Gasteiger partial charge on any atom is -0.382 e. The highest BCUT2D eigenvalue weighted by Gasteiger charge is 2.11. The van der Waals surface area contributed by atoms with Crippen LogP contribution in [0.3, 0.4) is 0 Å². The van der Waals surface area contributed by atoms with E-state index in [1.165, 1.54) is 12.4 Å². The molecule has 0 atom stereocenters. The molecule has 0 saturated heterocycles. The molecule has 0 saturated carbocycles. The van der Waals surface area contributed by atoms with E-state index in [1.54, 1.807) is 0 Å². The van der Waals surface area contributed by atoms with Crippen molar-refractivity contribution in [3.8, 4) is 0 Å². The third-order valence-corrected chi connectivity index (χ3v) is 3.10. The van der Waals surface area contributed by atoms with Gasteiger partial charge in [0.2, 0.25) is 0 Å². The summed E-state index contributed by atoms with van der Waals surface area (Å²) in [5, 5.41) is 2.84. The quantitative estimate of drug-likeness (QED) is 0.891. The molecule has 2 rings (SSSR count). The van der Waals surface area contributed by atoms with E-state index in [4.69, 9.17) is 5.73 Å². The van der Waals surface area contributed by atoms with Gasteiger partial charge in [-0.15, -0.1) is 0 Å². The van der Waals surface area contributed by atoms with Crippen LogP contribution in [0.25, 0.3) is 0 Å². The van der Waals surface area contributed by atoms with Crippen LogP contribution < -0.4 is 11.1 Å². The van der Waals surface area contributed by atoms with Gasteiger partial charge in [-0.05, 0) is 37.1 Å². The number of hydrogen-bond donors (Lipinski definition) is 2. The first-order valence-corrected chi connectivity index (χ1v) is 6.42. The second-order valence-electron chi connectivity index (χ2n) is 4.20. The maximum Gasteiger partial charge on any atom is 0.275 e. The lowest BCUT2D eigenvalue weighted by Crippen LogP contribution is -2.16. The summed E-state index contributed by atoms with van der Waals surface area (Å²) in [6.07, 6.45) is 2.71. The Morgan fingerprint density at radius 2 is 1.84 bits per heavy atom. The Bertz CT molecular complexity index is 602. The van der Waals surface area contributed by atoms with E-state index in [1.807, 2.05) is 26.0 Å². The standard InChI is InChI=1S/C13H13BrN4O/c1-7-3-9(14)4-8(2)12(7)18-13(19)10-5-17-11(15)6-16-10/h3-6H,1-2H3,(H2,15,17)(H,18,19). The molecule has 19 heavy (non-hydrogen) atoms. The third-order valence-electron chi connectivity index (χ3n) is 2.64. The molecule has 0 aliphatic carbocycles. The number of nitrogens with two attached hydrogens (primary N) is 1. The van der Waals surface area contributed by atoms with E-state index in [9.17, 15) is 4.79 Å². The summed E-state index contributed by atoms with van der Waals surface area (Å²) >= 11 is 3.42. The fourth-order valence-electron chi connectivity index (χ4n) is 1.74. The second kappa shape index (κ2) is 5.36. The molecule has 0 aliphatic heterocycles. The molecule has 1 aromatic carbocycles. The number of halogens is 1. The average Bonchev–Trinajstić information content (AvgIpc) is 2.34. The van der Waals surface area contributed by atoms with Crippen LogP contribution >= 0.6 is 15.9 Å². The highest BCUT2D eigenvalue weighted by molar-refractivity contribution is 9.10. The average molecular weight is 321 g/mol. The van der Waals surface area contributed by atoms with Gasteiger partial charge in [0, 0.05) is 10.2 Å². The number of aromatic nitrogens is 2. The molecule has 0 fully saturated rings. The molecule has 6 heteroatoms. The van der Waals surface area contributed by atoms with Crippen molar-refractivity contribution in [2.24, 2.45) is 0 Å². The summed E-state index contributed by atoms with van der Waals surface area (Å²) in [6.45, 7) is 3.87. The number of benzene rings is 1. The minimum absolute atomic E-state index is 0.232. The second-order valence-corrected chi connectivity index (χ2v) is 5.11.